The molecule has 2 aromatic carbocycles. The van der Waals surface area contributed by atoms with Crippen LogP contribution in [-0.2, 0) is 4.79 Å². The number of fused-ring (bicyclic) bond motifs is 1. The number of halogens is 3. The van der Waals surface area contributed by atoms with Gasteiger partial charge in [-0.1, -0.05) is 0 Å². The lowest BCUT2D eigenvalue weighted by Gasteiger charge is -2.36. The van der Waals surface area contributed by atoms with Gasteiger partial charge in [-0.25, -0.2) is 13.2 Å². The topological polar surface area (TPSA) is 44.9 Å². The quantitative estimate of drug-likeness (QED) is 0.539. The van der Waals surface area contributed by atoms with E-state index < -0.39 is 11.6 Å². The molecule has 6 heteroatoms. The number of hydrogen-bond acceptors (Lipinski definition) is 1. The molecule has 30 heavy (non-hydrogen) atoms. The first-order valence-electron chi connectivity index (χ1n) is 10.5. The first-order chi connectivity index (χ1) is 14.5. The lowest BCUT2D eigenvalue weighted by molar-refractivity contribution is -0.121. The fourth-order valence-corrected chi connectivity index (χ4v) is 4.56. The van der Waals surface area contributed by atoms with Crippen LogP contribution in [0.15, 0.2) is 36.4 Å². The molecule has 1 aromatic heterocycles. The molecule has 2 N–H and O–H groups in total. The summed E-state index contributed by atoms with van der Waals surface area (Å²) in [6, 6.07) is 8.25. The molecule has 0 bridgehead atoms. The molecule has 0 saturated heterocycles. The fourth-order valence-electron chi connectivity index (χ4n) is 4.56. The van der Waals surface area contributed by atoms with E-state index in [9.17, 15) is 18.0 Å². The molecule has 0 atom stereocenters. The van der Waals surface area contributed by atoms with E-state index in [-0.39, 0.29) is 23.2 Å². The summed E-state index contributed by atoms with van der Waals surface area (Å²) >= 11 is 0. The molecular formula is C24H23F3N2O. The van der Waals surface area contributed by atoms with Gasteiger partial charge in [-0.2, -0.15) is 0 Å². The maximum atomic E-state index is 14.4. The van der Waals surface area contributed by atoms with E-state index in [1.165, 1.54) is 18.2 Å². The van der Waals surface area contributed by atoms with Gasteiger partial charge in [0, 0.05) is 24.4 Å². The van der Waals surface area contributed by atoms with Crippen LogP contribution in [0, 0.1) is 29.3 Å². The third kappa shape index (κ3) is 3.71. The van der Waals surface area contributed by atoms with E-state index in [1.807, 2.05) is 0 Å². The maximum Gasteiger partial charge on any atom is 0.220 e. The van der Waals surface area contributed by atoms with Crippen molar-refractivity contribution in [2.45, 2.75) is 38.0 Å². The molecule has 3 nitrogen and oxygen atoms in total. The number of amides is 1. The zero-order valence-electron chi connectivity index (χ0n) is 16.5. The average Bonchev–Trinajstić information content (AvgIpc) is 3.40. The Kier molecular flexibility index (Phi) is 4.80. The highest BCUT2D eigenvalue weighted by Crippen LogP contribution is 2.48. The van der Waals surface area contributed by atoms with Crippen LogP contribution in [0.5, 0.6) is 0 Å². The zero-order chi connectivity index (χ0) is 20.8. The second-order valence-electron chi connectivity index (χ2n) is 8.72. The van der Waals surface area contributed by atoms with E-state index >= 15 is 0 Å². The number of aromatic nitrogens is 1. The third-order valence-corrected chi connectivity index (χ3v) is 6.40. The second kappa shape index (κ2) is 7.49. The smallest absolute Gasteiger partial charge is 0.220 e. The van der Waals surface area contributed by atoms with Crippen LogP contribution in [0.4, 0.5) is 13.2 Å². The molecule has 0 unspecified atom stereocenters. The standard InChI is InChI=1S/C24H23F3N2O/c25-17-5-3-15(4-6-17)23-22(19-10-18(26)11-20(27)24(19)29-23)16-7-14(8-16)12-28-21(30)9-13-1-2-13/h3-6,10-11,13-14,16,29H,1-2,7-9,12H2,(H,28,30)/t14-,16+. The Balaban J connectivity index is 1.39. The first kappa shape index (κ1) is 19.2. The summed E-state index contributed by atoms with van der Waals surface area (Å²) in [5.41, 5.74) is 2.58. The van der Waals surface area contributed by atoms with Crippen molar-refractivity contribution in [3.8, 4) is 11.3 Å². The summed E-state index contributed by atoms with van der Waals surface area (Å²) < 4.78 is 41.8. The molecule has 3 aromatic rings. The summed E-state index contributed by atoms with van der Waals surface area (Å²) in [4.78, 5) is 15.0. The summed E-state index contributed by atoms with van der Waals surface area (Å²) in [5.74, 6) is -0.443. The van der Waals surface area contributed by atoms with E-state index in [4.69, 9.17) is 0 Å². The molecule has 0 aliphatic heterocycles. The average molecular weight is 412 g/mol. The highest BCUT2D eigenvalue weighted by molar-refractivity contribution is 5.92. The van der Waals surface area contributed by atoms with Gasteiger partial charge in [0.25, 0.3) is 0 Å². The third-order valence-electron chi connectivity index (χ3n) is 6.40. The van der Waals surface area contributed by atoms with Gasteiger partial charge in [0.15, 0.2) is 0 Å². The van der Waals surface area contributed by atoms with Gasteiger partial charge in [0.05, 0.1) is 11.2 Å². The van der Waals surface area contributed by atoms with E-state index in [0.717, 1.165) is 42.9 Å². The van der Waals surface area contributed by atoms with Crippen LogP contribution < -0.4 is 5.32 Å². The predicted octanol–water partition coefficient (Wildman–Crippen LogP) is 5.66. The van der Waals surface area contributed by atoms with E-state index in [1.54, 1.807) is 12.1 Å². The Hall–Kier alpha value is -2.76. The van der Waals surface area contributed by atoms with Crippen molar-refractivity contribution >= 4 is 16.8 Å². The van der Waals surface area contributed by atoms with Crippen molar-refractivity contribution in [3.05, 3.63) is 59.4 Å². The van der Waals surface area contributed by atoms with Gasteiger partial charge >= 0.3 is 0 Å². The van der Waals surface area contributed by atoms with Crippen LogP contribution in [0.3, 0.4) is 0 Å². The number of carbonyl (C=O) groups is 1. The normalized spacial score (nSPS) is 20.9. The van der Waals surface area contributed by atoms with Crippen LogP contribution in [-0.4, -0.2) is 17.4 Å². The van der Waals surface area contributed by atoms with Crippen molar-refractivity contribution in [2.75, 3.05) is 6.54 Å². The monoisotopic (exact) mass is 412 g/mol. The van der Waals surface area contributed by atoms with Gasteiger partial charge in [-0.3, -0.25) is 4.79 Å². The molecule has 0 spiro atoms. The Morgan fingerprint density at radius 2 is 1.73 bits per heavy atom. The second-order valence-corrected chi connectivity index (χ2v) is 8.72. The van der Waals surface area contributed by atoms with Crippen molar-refractivity contribution in [3.63, 3.8) is 0 Å². The van der Waals surface area contributed by atoms with Crippen LogP contribution in [0.25, 0.3) is 22.2 Å². The lowest BCUT2D eigenvalue weighted by atomic mass is 9.70. The highest BCUT2D eigenvalue weighted by Gasteiger charge is 2.35. The highest BCUT2D eigenvalue weighted by atomic mass is 19.1. The molecule has 5 rings (SSSR count). The molecule has 156 valence electrons. The van der Waals surface area contributed by atoms with Crippen LogP contribution in [0.2, 0.25) is 0 Å². The number of aromatic amines is 1. The van der Waals surface area contributed by atoms with Crippen LogP contribution in [0.1, 0.15) is 43.6 Å². The van der Waals surface area contributed by atoms with Crippen LogP contribution >= 0.6 is 0 Å². The molecule has 1 heterocycles. The van der Waals surface area contributed by atoms with E-state index in [0.29, 0.717) is 35.9 Å². The SMILES string of the molecule is O=C(CC1CC1)NC[C@H]1C[C@@H](c2c(-c3ccc(F)cc3)[nH]c3c(F)cc(F)cc32)C1. The molecule has 0 radical (unpaired) electrons. The number of nitrogens with one attached hydrogen (secondary N) is 2. The zero-order valence-corrected chi connectivity index (χ0v) is 16.5. The minimum Gasteiger partial charge on any atom is -0.356 e. The minimum atomic E-state index is -0.636. The Labute approximate surface area is 172 Å². The molecular weight excluding hydrogens is 389 g/mol. The van der Waals surface area contributed by atoms with Crippen molar-refractivity contribution in [1.29, 1.82) is 0 Å². The van der Waals surface area contributed by atoms with Gasteiger partial charge in [0.2, 0.25) is 5.91 Å². The minimum absolute atomic E-state index is 0.115. The van der Waals surface area contributed by atoms with Gasteiger partial charge in [0.1, 0.15) is 17.5 Å². The molecule has 1 amide bonds. The summed E-state index contributed by atoms with van der Waals surface area (Å²) in [7, 11) is 0. The number of benzene rings is 2. The predicted molar refractivity (Wildman–Crippen MR) is 109 cm³/mol. The van der Waals surface area contributed by atoms with Crippen molar-refractivity contribution < 1.29 is 18.0 Å². The molecule has 2 saturated carbocycles. The van der Waals surface area contributed by atoms with Gasteiger partial charge in [-0.15, -0.1) is 0 Å². The van der Waals surface area contributed by atoms with Gasteiger partial charge in [-0.05, 0) is 84.9 Å². The summed E-state index contributed by atoms with van der Waals surface area (Å²) in [6.07, 6.45) is 4.59. The largest absolute Gasteiger partial charge is 0.356 e. The lowest BCUT2D eigenvalue weighted by Crippen LogP contribution is -2.35. The number of carbonyl (C=O) groups excluding carboxylic acids is 1. The number of H-pyrrole nitrogens is 1. The van der Waals surface area contributed by atoms with Gasteiger partial charge < -0.3 is 10.3 Å². The Bertz CT molecular complexity index is 1100. The molecule has 2 fully saturated rings. The fraction of sp³-hybridized carbons (Fsp3) is 0.375. The summed E-state index contributed by atoms with van der Waals surface area (Å²) in [5, 5.41) is 3.56. The molecule has 2 aliphatic rings. The first-order valence-corrected chi connectivity index (χ1v) is 10.5. The number of hydrogen-bond donors (Lipinski definition) is 2. The van der Waals surface area contributed by atoms with Crippen molar-refractivity contribution in [1.82, 2.24) is 10.3 Å². The Morgan fingerprint density at radius 3 is 2.43 bits per heavy atom. The van der Waals surface area contributed by atoms with E-state index in [2.05, 4.69) is 10.3 Å². The summed E-state index contributed by atoms with van der Waals surface area (Å²) in [6.45, 7) is 0.638. The molecule has 2 aliphatic carbocycles. The Morgan fingerprint density at radius 1 is 1.00 bits per heavy atom. The van der Waals surface area contributed by atoms with Crippen molar-refractivity contribution in [2.24, 2.45) is 11.8 Å². The number of rotatable bonds is 6. The maximum absolute atomic E-state index is 14.4.